The lowest BCUT2D eigenvalue weighted by atomic mass is 10.1. The predicted molar refractivity (Wildman–Crippen MR) is 263 cm³/mol. The molecule has 2 atom stereocenters. The Kier molecular flexibility index (Phi) is 16.6. The second kappa shape index (κ2) is 22.5. The first kappa shape index (κ1) is 49.5. The summed E-state index contributed by atoms with van der Waals surface area (Å²) in [7, 11) is 0. The van der Waals surface area contributed by atoms with Gasteiger partial charge in [0.15, 0.2) is 11.4 Å². The Hall–Kier alpha value is -6.97. The van der Waals surface area contributed by atoms with Gasteiger partial charge in [-0.15, -0.1) is 0 Å². The number of benzene rings is 4. The van der Waals surface area contributed by atoms with Crippen molar-refractivity contribution in [2.45, 2.75) is 78.6 Å². The molecule has 67 heavy (non-hydrogen) atoms. The predicted octanol–water partition coefficient (Wildman–Crippen LogP) is 11.8. The van der Waals surface area contributed by atoms with Crippen LogP contribution in [-0.2, 0) is 22.7 Å². The first-order chi connectivity index (χ1) is 32.1. The molecular weight excluding hydrogens is 911 g/mol. The number of aromatic nitrogens is 4. The summed E-state index contributed by atoms with van der Waals surface area (Å²) in [5, 5.41) is 13.1. The van der Waals surface area contributed by atoms with E-state index in [-0.39, 0.29) is 35.0 Å². The minimum atomic E-state index is -0.238. The molecule has 0 spiro atoms. The molecule has 3 N–H and O–H groups in total. The molecule has 3 amide bonds. The Labute approximate surface area is 404 Å². The molecule has 14 nitrogen and oxygen atoms in total. The van der Waals surface area contributed by atoms with Gasteiger partial charge >= 0.3 is 0 Å². The molecule has 344 valence electrons. The van der Waals surface area contributed by atoms with Crippen LogP contribution < -0.4 is 11.1 Å². The molecule has 8 rings (SSSR count). The van der Waals surface area contributed by atoms with Gasteiger partial charge in [-0.1, -0.05) is 85.6 Å². The van der Waals surface area contributed by atoms with Gasteiger partial charge in [0.2, 0.25) is 11.1 Å². The van der Waals surface area contributed by atoms with Crippen molar-refractivity contribution in [2.24, 2.45) is 0 Å². The molecule has 0 fully saturated rings. The molecule has 0 aliphatic carbocycles. The molecule has 0 bridgehead atoms. The largest absolute Gasteiger partial charge is 0.398 e. The van der Waals surface area contributed by atoms with Crippen LogP contribution in [0.2, 0.25) is 10.0 Å². The molecule has 2 aromatic heterocycles. The standard InChI is InChI=1S/C25H24ClN5O2.C21H18ClN5O.C4H7ClO/c1-4-5-24(32)28-21-12-18(26)8-11-20(21)22-13-23-25(33)30(14-16(2)31(23)29-22)15-17-6-9-19(27-3)10-7-17;1-13-11-26(12-14-3-6-16(24-2)7-4-14)21(28)20-10-19(25-27(13)20)17-8-5-15(22)9-18(17)23;1-2-3-4(5)6/h6-13,16H,4-5,14-15H2,1-2H3,(H,28,32);3-10,13H,11-12,23H2,1H3;2-3H2,1H3/t16-;13-;/m00./s1. The third-order valence-corrected chi connectivity index (χ3v) is 11.6. The summed E-state index contributed by atoms with van der Waals surface area (Å²) >= 11 is 17.1. The van der Waals surface area contributed by atoms with Crippen LogP contribution >= 0.6 is 34.8 Å². The van der Waals surface area contributed by atoms with Crippen LogP contribution in [0.5, 0.6) is 0 Å². The number of hydrogen-bond donors (Lipinski definition) is 2. The van der Waals surface area contributed by atoms with Gasteiger partial charge in [-0.2, -0.15) is 10.2 Å². The fraction of sp³-hybridized carbons (Fsp3) is 0.280. The summed E-state index contributed by atoms with van der Waals surface area (Å²) in [4.78, 5) is 58.7. The molecule has 0 saturated heterocycles. The number of fused-ring (bicyclic) bond motifs is 2. The van der Waals surface area contributed by atoms with E-state index in [1.807, 2.05) is 69.0 Å². The molecule has 0 unspecified atom stereocenters. The zero-order chi connectivity index (χ0) is 48.4. The van der Waals surface area contributed by atoms with E-state index in [4.69, 9.17) is 58.8 Å². The maximum atomic E-state index is 13.3. The first-order valence-corrected chi connectivity index (χ1v) is 22.8. The van der Waals surface area contributed by atoms with Crippen LogP contribution in [-0.4, -0.2) is 65.4 Å². The summed E-state index contributed by atoms with van der Waals surface area (Å²) in [6.07, 6.45) is 2.50. The fourth-order valence-corrected chi connectivity index (χ4v) is 8.18. The van der Waals surface area contributed by atoms with Crippen molar-refractivity contribution in [3.63, 3.8) is 0 Å². The minimum Gasteiger partial charge on any atom is -0.398 e. The van der Waals surface area contributed by atoms with E-state index in [1.54, 1.807) is 74.9 Å². The van der Waals surface area contributed by atoms with Crippen LogP contribution in [0.3, 0.4) is 0 Å². The topological polar surface area (TPSA) is 157 Å². The van der Waals surface area contributed by atoms with Crippen molar-refractivity contribution in [3.05, 3.63) is 152 Å². The zero-order valence-corrected chi connectivity index (χ0v) is 39.7. The van der Waals surface area contributed by atoms with Gasteiger partial charge in [0.1, 0.15) is 11.4 Å². The maximum absolute atomic E-state index is 13.3. The molecule has 0 radical (unpaired) electrons. The summed E-state index contributed by atoms with van der Waals surface area (Å²) in [5.41, 5.74) is 14.1. The van der Waals surface area contributed by atoms with E-state index in [2.05, 4.69) is 20.1 Å². The van der Waals surface area contributed by atoms with E-state index in [9.17, 15) is 19.2 Å². The highest BCUT2D eigenvalue weighted by Crippen LogP contribution is 2.34. The SMILES string of the molecule is CCCC(=O)Cl.[C-]#[N+]c1ccc(CN2C[C@H](C)n3nc(-c4ccc(Cl)cc4N)cc3C2=O)cc1.[C-]#[N+]c1ccc(CN2C[C@H](C)n3nc(-c4ccc(Cl)cc4NC(=O)CCC)cc3C2=O)cc1. The van der Waals surface area contributed by atoms with Crippen molar-refractivity contribution in [2.75, 3.05) is 24.1 Å². The fourth-order valence-electron chi connectivity index (χ4n) is 7.64. The number of carbonyl (C=O) groups excluding carboxylic acids is 4. The van der Waals surface area contributed by atoms with Gasteiger partial charge in [-0.05, 0) is 97.9 Å². The summed E-state index contributed by atoms with van der Waals surface area (Å²) < 4.78 is 3.52. The Morgan fingerprint density at radius 2 is 1.13 bits per heavy atom. The molecule has 4 aromatic carbocycles. The second-order valence-electron chi connectivity index (χ2n) is 16.2. The number of nitrogens with zero attached hydrogens (tertiary/aromatic N) is 8. The van der Waals surface area contributed by atoms with Gasteiger partial charge in [0.05, 0.1) is 42.3 Å². The number of carbonyl (C=O) groups is 4. The number of anilines is 2. The zero-order valence-electron chi connectivity index (χ0n) is 37.5. The average molecular weight is 960 g/mol. The second-order valence-corrected chi connectivity index (χ2v) is 17.5. The van der Waals surface area contributed by atoms with Crippen molar-refractivity contribution in [1.29, 1.82) is 0 Å². The normalized spacial score (nSPS) is 14.9. The molecular formula is C50H49Cl3N10O4. The molecule has 2 aliphatic heterocycles. The number of amides is 3. The van der Waals surface area contributed by atoms with Gasteiger partial charge < -0.3 is 20.9 Å². The van der Waals surface area contributed by atoms with E-state index < -0.39 is 0 Å². The Bertz CT molecular complexity index is 2860. The van der Waals surface area contributed by atoms with Gasteiger partial charge in [0, 0.05) is 65.9 Å². The smallest absolute Gasteiger partial charge is 0.272 e. The summed E-state index contributed by atoms with van der Waals surface area (Å²) in [5.74, 6) is -0.268. The van der Waals surface area contributed by atoms with Crippen molar-refractivity contribution >= 4 is 80.5 Å². The van der Waals surface area contributed by atoms with Crippen LogP contribution in [0, 0.1) is 13.1 Å². The third-order valence-electron chi connectivity index (χ3n) is 10.9. The van der Waals surface area contributed by atoms with Gasteiger partial charge in [-0.3, -0.25) is 28.5 Å². The third kappa shape index (κ3) is 12.3. The van der Waals surface area contributed by atoms with Crippen LogP contribution in [0.25, 0.3) is 32.2 Å². The summed E-state index contributed by atoms with van der Waals surface area (Å²) in [6.45, 7) is 24.1. The van der Waals surface area contributed by atoms with Crippen molar-refractivity contribution < 1.29 is 19.2 Å². The highest BCUT2D eigenvalue weighted by atomic mass is 35.5. The highest BCUT2D eigenvalue weighted by molar-refractivity contribution is 6.63. The number of nitrogen functional groups attached to an aromatic ring is 1. The number of hydrogen-bond acceptors (Lipinski definition) is 7. The number of rotatable bonds is 11. The van der Waals surface area contributed by atoms with E-state index >= 15 is 0 Å². The lowest BCUT2D eigenvalue weighted by Gasteiger charge is -2.31. The lowest BCUT2D eigenvalue weighted by molar-refractivity contribution is -0.116. The lowest BCUT2D eigenvalue weighted by Crippen LogP contribution is -2.41. The Morgan fingerprint density at radius 1 is 0.687 bits per heavy atom. The molecule has 17 heteroatoms. The minimum absolute atomic E-state index is 0.0144. The molecule has 6 aromatic rings. The average Bonchev–Trinajstić information content (AvgIpc) is 3.96. The van der Waals surface area contributed by atoms with Gasteiger partial charge in [0.25, 0.3) is 11.8 Å². The van der Waals surface area contributed by atoms with Crippen LogP contribution in [0.4, 0.5) is 22.7 Å². The Morgan fingerprint density at radius 3 is 1.55 bits per heavy atom. The van der Waals surface area contributed by atoms with E-state index in [0.717, 1.165) is 29.5 Å². The number of nitrogens with two attached hydrogens (primary N) is 1. The monoisotopic (exact) mass is 958 g/mol. The molecule has 2 aliphatic rings. The number of nitrogens with one attached hydrogen (secondary N) is 1. The van der Waals surface area contributed by atoms with Gasteiger partial charge in [-0.25, -0.2) is 9.69 Å². The Balaban J connectivity index is 0.000000199. The quantitative estimate of drug-likeness (QED) is 0.0743. The maximum Gasteiger partial charge on any atom is 0.272 e. The van der Waals surface area contributed by atoms with Crippen molar-refractivity contribution in [3.8, 4) is 22.5 Å². The first-order valence-electron chi connectivity index (χ1n) is 21.7. The molecule has 4 heterocycles. The highest BCUT2D eigenvalue weighted by Gasteiger charge is 2.33. The van der Waals surface area contributed by atoms with E-state index in [1.165, 1.54) is 0 Å². The summed E-state index contributed by atoms with van der Waals surface area (Å²) in [6, 6.07) is 28.7. The van der Waals surface area contributed by atoms with Crippen molar-refractivity contribution in [1.82, 2.24) is 29.4 Å². The number of halogens is 3. The van der Waals surface area contributed by atoms with E-state index in [0.29, 0.717) is 100 Å². The molecule has 0 saturated carbocycles. The van der Waals surface area contributed by atoms with Crippen LogP contribution in [0.1, 0.15) is 97.6 Å². The van der Waals surface area contributed by atoms with Crippen LogP contribution in [0.15, 0.2) is 97.1 Å².